The molecule has 2 heterocycles. The molecule has 6 aliphatic rings. The molecule has 5 atom stereocenters. The van der Waals surface area contributed by atoms with Crippen molar-refractivity contribution >= 4 is 11.9 Å². The Balaban J connectivity index is 0.995. The van der Waals surface area contributed by atoms with E-state index in [9.17, 15) is 5.26 Å². The minimum atomic E-state index is -1.16. The molecule has 290 valence electrons. The standard InChI is InChI=1S/C47H48FN7O2/c1-30(29-55-43(51)53-46(57-55)39-13-6-5-11-36(39)27-44(46)20-16-32-9-3-4-10-33(32)17-21-44)24-40-38-15-14-35(34-12-7-8-31(25-34)28-49)26-41(38)47(52-42(50)54(2)56-47)45(40)22-18-37(48)19-23-45/h3-15,18,25-26,30,40H,16-17,19-24,27,29H2,1-2H3,(H2,50,52)(H2,51,53). The van der Waals surface area contributed by atoms with E-state index in [1.54, 1.807) is 24.3 Å². The zero-order valence-corrected chi connectivity index (χ0v) is 32.5. The van der Waals surface area contributed by atoms with Crippen LogP contribution in [0.2, 0.25) is 0 Å². The van der Waals surface area contributed by atoms with Gasteiger partial charge in [0.15, 0.2) is 0 Å². The Hall–Kier alpha value is -5.50. The first-order chi connectivity index (χ1) is 27.6. The van der Waals surface area contributed by atoms with Crippen LogP contribution in [-0.4, -0.2) is 35.6 Å². The van der Waals surface area contributed by atoms with Crippen molar-refractivity contribution < 1.29 is 14.1 Å². The van der Waals surface area contributed by atoms with Gasteiger partial charge >= 0.3 is 0 Å². The molecule has 0 saturated carbocycles. The van der Waals surface area contributed by atoms with Crippen LogP contribution in [-0.2, 0) is 40.4 Å². The van der Waals surface area contributed by atoms with E-state index < -0.39 is 16.9 Å². The molecule has 10 heteroatoms. The lowest BCUT2D eigenvalue weighted by Crippen LogP contribution is -2.47. The Morgan fingerprint density at radius 2 is 1.54 bits per heavy atom. The van der Waals surface area contributed by atoms with Gasteiger partial charge in [-0.1, -0.05) is 85.8 Å². The minimum absolute atomic E-state index is 0.0528. The average molecular weight is 762 g/mol. The van der Waals surface area contributed by atoms with Gasteiger partial charge < -0.3 is 11.5 Å². The number of nitriles is 1. The van der Waals surface area contributed by atoms with Crippen LogP contribution in [0.25, 0.3) is 11.1 Å². The van der Waals surface area contributed by atoms with Crippen molar-refractivity contribution in [2.45, 2.75) is 82.1 Å². The number of guanidine groups is 2. The van der Waals surface area contributed by atoms with Crippen molar-refractivity contribution in [3.05, 3.63) is 142 Å². The molecule has 57 heavy (non-hydrogen) atoms. The topological polar surface area (TPSA) is 125 Å². The number of aliphatic imine (C=N–C) groups is 2. The Kier molecular flexibility index (Phi) is 8.19. The molecule has 4 aliphatic carbocycles. The third-order valence-corrected chi connectivity index (χ3v) is 14.2. The third-order valence-electron chi connectivity index (χ3n) is 14.2. The van der Waals surface area contributed by atoms with Gasteiger partial charge in [0.25, 0.3) is 0 Å². The van der Waals surface area contributed by atoms with Crippen molar-refractivity contribution in [2.24, 2.45) is 38.2 Å². The Morgan fingerprint density at radius 3 is 2.25 bits per heavy atom. The summed E-state index contributed by atoms with van der Waals surface area (Å²) in [6.45, 7) is 2.76. The molecule has 9 nitrogen and oxygen atoms in total. The van der Waals surface area contributed by atoms with Gasteiger partial charge in [0.1, 0.15) is 0 Å². The van der Waals surface area contributed by atoms with Crippen molar-refractivity contribution in [3.8, 4) is 17.2 Å². The van der Waals surface area contributed by atoms with Crippen LogP contribution >= 0.6 is 0 Å². The number of hydrogen-bond acceptors (Lipinski definition) is 9. The molecule has 4 N–H and O–H groups in total. The number of allylic oxidation sites excluding steroid dienone is 2. The van der Waals surface area contributed by atoms with E-state index in [4.69, 9.17) is 31.1 Å². The van der Waals surface area contributed by atoms with Crippen LogP contribution in [0.1, 0.15) is 90.3 Å². The molecule has 0 amide bonds. The van der Waals surface area contributed by atoms with Crippen molar-refractivity contribution in [1.29, 1.82) is 5.26 Å². The summed E-state index contributed by atoms with van der Waals surface area (Å²) in [6, 6.07) is 33.7. The van der Waals surface area contributed by atoms with E-state index in [1.807, 2.05) is 23.3 Å². The molecule has 5 unspecified atom stereocenters. The highest BCUT2D eigenvalue weighted by atomic mass is 19.1. The summed E-state index contributed by atoms with van der Waals surface area (Å²) in [5.74, 6) is 0.606. The third kappa shape index (κ3) is 5.24. The number of benzene rings is 4. The molecule has 2 aliphatic heterocycles. The van der Waals surface area contributed by atoms with Gasteiger partial charge in [0, 0.05) is 29.0 Å². The monoisotopic (exact) mass is 761 g/mol. The number of rotatable bonds is 5. The average Bonchev–Trinajstić information content (AvgIpc) is 3.82. The lowest BCUT2D eigenvalue weighted by molar-refractivity contribution is -0.239. The number of aryl methyl sites for hydroxylation is 2. The molecule has 0 aromatic heterocycles. The van der Waals surface area contributed by atoms with Gasteiger partial charge in [0.2, 0.25) is 23.4 Å². The van der Waals surface area contributed by atoms with Crippen LogP contribution in [0.3, 0.4) is 0 Å². The maximum atomic E-state index is 15.0. The van der Waals surface area contributed by atoms with Gasteiger partial charge in [-0.25, -0.2) is 34.2 Å². The SMILES string of the molecule is CC(CC1c2ccc(-c3cccc(C#N)c3)cc2C2(N=C(N)N(C)O2)C12CC=C(F)CC2)CN1OC2(N=C1N)c1ccccc1CC21CCc2ccccc2CC1. The summed E-state index contributed by atoms with van der Waals surface area (Å²) in [4.78, 5) is 24.5. The fourth-order valence-corrected chi connectivity index (χ4v) is 11.4. The number of hydroxylamine groups is 4. The molecular weight excluding hydrogens is 714 g/mol. The van der Waals surface area contributed by atoms with Crippen molar-refractivity contribution in [1.82, 2.24) is 10.1 Å². The quantitative estimate of drug-likeness (QED) is 0.210. The van der Waals surface area contributed by atoms with Gasteiger partial charge in [-0.3, -0.25) is 0 Å². The summed E-state index contributed by atoms with van der Waals surface area (Å²) in [7, 11) is 1.78. The maximum absolute atomic E-state index is 15.0. The second-order valence-electron chi connectivity index (χ2n) is 17.3. The zero-order valence-electron chi connectivity index (χ0n) is 32.5. The number of fused-ring (bicyclic) bond motifs is 7. The highest BCUT2D eigenvalue weighted by Gasteiger charge is 2.68. The van der Waals surface area contributed by atoms with Crippen LogP contribution in [0.15, 0.2) is 113 Å². The van der Waals surface area contributed by atoms with Crippen molar-refractivity contribution in [2.75, 3.05) is 13.6 Å². The predicted molar refractivity (Wildman–Crippen MR) is 217 cm³/mol. The van der Waals surface area contributed by atoms with E-state index in [1.165, 1.54) is 16.7 Å². The maximum Gasteiger partial charge on any atom is 0.221 e. The van der Waals surface area contributed by atoms with E-state index >= 15 is 4.39 Å². The van der Waals surface area contributed by atoms with Gasteiger partial charge in [-0.15, -0.1) is 0 Å². The van der Waals surface area contributed by atoms with Crippen molar-refractivity contribution in [3.63, 3.8) is 0 Å². The summed E-state index contributed by atoms with van der Waals surface area (Å²) in [6.07, 6.45) is 8.48. The fraction of sp³-hybridized carbons (Fsp3) is 0.383. The van der Waals surface area contributed by atoms with Crippen LogP contribution < -0.4 is 11.5 Å². The largest absolute Gasteiger partial charge is 0.368 e. The highest BCUT2D eigenvalue weighted by molar-refractivity contribution is 5.80. The fourth-order valence-electron chi connectivity index (χ4n) is 11.4. The van der Waals surface area contributed by atoms with E-state index in [0.29, 0.717) is 37.3 Å². The first-order valence-electron chi connectivity index (χ1n) is 20.3. The predicted octanol–water partition coefficient (Wildman–Crippen LogP) is 8.25. The van der Waals surface area contributed by atoms with E-state index in [-0.39, 0.29) is 29.0 Å². The smallest absolute Gasteiger partial charge is 0.221 e. The molecule has 0 bridgehead atoms. The Morgan fingerprint density at radius 1 is 0.825 bits per heavy atom. The van der Waals surface area contributed by atoms with Crippen LogP contribution in [0.5, 0.6) is 0 Å². The Bertz CT molecular complexity index is 2410. The normalized spacial score (nSPS) is 28.5. The number of hydrogen-bond donors (Lipinski definition) is 2. The molecule has 0 radical (unpaired) electrons. The van der Waals surface area contributed by atoms with E-state index in [0.717, 1.165) is 66.3 Å². The number of halogens is 1. The first kappa shape index (κ1) is 35.9. The second-order valence-corrected chi connectivity index (χ2v) is 17.3. The van der Waals surface area contributed by atoms with Gasteiger partial charge in [0.05, 0.1) is 24.0 Å². The highest BCUT2D eigenvalue weighted by Crippen LogP contribution is 2.69. The van der Waals surface area contributed by atoms with Crippen LogP contribution in [0, 0.1) is 28.1 Å². The molecule has 0 fully saturated rings. The zero-order chi connectivity index (χ0) is 39.2. The summed E-state index contributed by atoms with van der Waals surface area (Å²) < 4.78 is 15.0. The number of nitrogens with two attached hydrogens (primary N) is 2. The molecule has 10 rings (SSSR count). The number of nitrogens with zero attached hydrogens (tertiary/aromatic N) is 5. The van der Waals surface area contributed by atoms with Crippen LogP contribution in [0.4, 0.5) is 4.39 Å². The molecule has 4 aromatic rings. The first-order valence-corrected chi connectivity index (χ1v) is 20.3. The summed E-state index contributed by atoms with van der Waals surface area (Å²) in [5.41, 5.74) is 20.3. The lowest BCUT2D eigenvalue weighted by Gasteiger charge is -2.46. The molecular formula is C47H48FN7O2. The molecule has 4 spiro atoms. The molecule has 4 aromatic carbocycles. The summed E-state index contributed by atoms with van der Waals surface area (Å²) >= 11 is 0. The summed E-state index contributed by atoms with van der Waals surface area (Å²) in [5, 5.41) is 13.1. The molecule has 0 saturated heterocycles. The van der Waals surface area contributed by atoms with E-state index in [2.05, 4.69) is 79.7 Å². The Labute approximate surface area is 333 Å². The lowest BCUT2D eigenvalue weighted by atomic mass is 9.62. The van der Waals surface area contributed by atoms with Gasteiger partial charge in [-0.05, 0) is 121 Å². The second kappa shape index (κ2) is 13.0. The minimum Gasteiger partial charge on any atom is -0.368 e. The van der Waals surface area contributed by atoms with Gasteiger partial charge in [-0.2, -0.15) is 5.26 Å².